The topological polar surface area (TPSA) is 40.4 Å². The van der Waals surface area contributed by atoms with Crippen molar-refractivity contribution in [1.29, 1.82) is 0 Å². The molecule has 2 heterocycles. The van der Waals surface area contributed by atoms with Crippen LogP contribution in [-0.4, -0.2) is 19.1 Å². The minimum absolute atomic E-state index is 0. The Kier molecular flexibility index (Phi) is 3.88. The van der Waals surface area contributed by atoms with E-state index in [1.807, 2.05) is 24.3 Å². The van der Waals surface area contributed by atoms with Crippen molar-refractivity contribution in [2.45, 2.75) is 18.4 Å². The van der Waals surface area contributed by atoms with Crippen LogP contribution in [0.3, 0.4) is 0 Å². The van der Waals surface area contributed by atoms with Gasteiger partial charge < -0.3 is 10.1 Å². The SMILES string of the molecule is O=C1OC2(CC[N-]CC2)c2ccccc21.[K+]. The first-order chi connectivity index (χ1) is 7.32. The van der Waals surface area contributed by atoms with E-state index in [2.05, 4.69) is 5.32 Å². The number of esters is 1. The number of carbonyl (C=O) groups excluding carboxylic acids is 1. The van der Waals surface area contributed by atoms with Gasteiger partial charge in [-0.2, -0.15) is 0 Å². The molecule has 1 spiro atoms. The number of fused-ring (bicyclic) bond motifs is 2. The fourth-order valence-corrected chi connectivity index (χ4v) is 2.47. The van der Waals surface area contributed by atoms with Crippen molar-refractivity contribution in [2.75, 3.05) is 13.1 Å². The predicted molar refractivity (Wildman–Crippen MR) is 55.9 cm³/mol. The second-order valence-corrected chi connectivity index (χ2v) is 4.10. The molecule has 2 aliphatic heterocycles. The van der Waals surface area contributed by atoms with Crippen LogP contribution in [0.1, 0.15) is 28.8 Å². The second kappa shape index (κ2) is 4.88. The first kappa shape index (κ1) is 12.7. The zero-order valence-electron chi connectivity index (χ0n) is 9.40. The van der Waals surface area contributed by atoms with Gasteiger partial charge in [-0.1, -0.05) is 18.2 Å². The minimum atomic E-state index is -0.366. The Labute approximate surface area is 137 Å². The molecule has 0 saturated carbocycles. The molecule has 0 atom stereocenters. The maximum atomic E-state index is 11.7. The number of benzene rings is 1. The summed E-state index contributed by atoms with van der Waals surface area (Å²) < 4.78 is 5.56. The molecule has 1 fully saturated rings. The Bertz CT molecular complexity index is 413. The zero-order chi connectivity index (χ0) is 10.3. The molecule has 16 heavy (non-hydrogen) atoms. The first-order valence-corrected chi connectivity index (χ1v) is 5.28. The Balaban J connectivity index is 0.000000963. The third-order valence-electron chi connectivity index (χ3n) is 3.27. The number of hydrogen-bond donors (Lipinski definition) is 0. The number of nitrogens with zero attached hydrogens (tertiary/aromatic N) is 1. The van der Waals surface area contributed by atoms with Gasteiger partial charge in [-0.3, -0.25) is 0 Å². The van der Waals surface area contributed by atoms with Gasteiger partial charge in [-0.15, -0.1) is 13.1 Å². The summed E-state index contributed by atoms with van der Waals surface area (Å²) in [6, 6.07) is 7.70. The molecule has 0 bridgehead atoms. The van der Waals surface area contributed by atoms with Crippen LogP contribution >= 0.6 is 0 Å². The average molecular weight is 241 g/mol. The molecule has 4 heteroatoms. The van der Waals surface area contributed by atoms with E-state index in [0.29, 0.717) is 0 Å². The van der Waals surface area contributed by atoms with Crippen molar-refractivity contribution in [2.24, 2.45) is 0 Å². The van der Waals surface area contributed by atoms with E-state index >= 15 is 0 Å². The van der Waals surface area contributed by atoms with Crippen LogP contribution in [0.15, 0.2) is 24.3 Å². The van der Waals surface area contributed by atoms with Gasteiger partial charge in [0, 0.05) is 5.56 Å². The zero-order valence-corrected chi connectivity index (χ0v) is 12.5. The van der Waals surface area contributed by atoms with E-state index in [0.717, 1.165) is 37.1 Å². The van der Waals surface area contributed by atoms with E-state index in [1.165, 1.54) is 0 Å². The van der Waals surface area contributed by atoms with E-state index in [1.54, 1.807) is 0 Å². The number of ether oxygens (including phenoxy) is 1. The van der Waals surface area contributed by atoms with Crippen molar-refractivity contribution in [3.05, 3.63) is 40.7 Å². The van der Waals surface area contributed by atoms with Gasteiger partial charge in [-0.05, 0) is 18.9 Å². The Morgan fingerprint density at radius 2 is 1.88 bits per heavy atom. The van der Waals surface area contributed by atoms with Gasteiger partial charge in [0.2, 0.25) is 0 Å². The molecule has 0 unspecified atom stereocenters. The minimum Gasteiger partial charge on any atom is -0.662 e. The summed E-state index contributed by atoms with van der Waals surface area (Å²) in [7, 11) is 0. The molecule has 0 radical (unpaired) electrons. The fraction of sp³-hybridized carbons (Fsp3) is 0.417. The standard InChI is InChI=1S/C12H12NO2.K/c14-11-9-3-1-2-4-10(9)12(15-11)5-7-13-8-6-12;/h1-4H,5-8H2;/q-1;+1. The van der Waals surface area contributed by atoms with Crippen LogP contribution in [0, 0.1) is 0 Å². The number of rotatable bonds is 0. The number of hydrogen-bond acceptors (Lipinski definition) is 2. The molecule has 0 aromatic heterocycles. The molecular weight excluding hydrogens is 229 g/mol. The van der Waals surface area contributed by atoms with Crippen molar-refractivity contribution in [3.63, 3.8) is 0 Å². The summed E-state index contributed by atoms with van der Waals surface area (Å²) in [4.78, 5) is 11.7. The van der Waals surface area contributed by atoms with Gasteiger partial charge in [0.05, 0.1) is 5.56 Å². The van der Waals surface area contributed by atoms with Crippen molar-refractivity contribution in [3.8, 4) is 0 Å². The summed E-state index contributed by atoms with van der Waals surface area (Å²) in [6.07, 6.45) is 1.66. The maximum absolute atomic E-state index is 11.7. The fourth-order valence-electron chi connectivity index (χ4n) is 2.47. The van der Waals surface area contributed by atoms with Crippen LogP contribution in [0.25, 0.3) is 5.32 Å². The van der Waals surface area contributed by atoms with Gasteiger partial charge in [-0.25, -0.2) is 4.79 Å². The van der Waals surface area contributed by atoms with E-state index in [-0.39, 0.29) is 63.0 Å². The third-order valence-corrected chi connectivity index (χ3v) is 3.27. The quantitative estimate of drug-likeness (QED) is 0.442. The normalized spacial score (nSPS) is 21.1. The van der Waals surface area contributed by atoms with Gasteiger partial charge in [0.15, 0.2) is 0 Å². The number of piperidine rings is 1. The van der Waals surface area contributed by atoms with Crippen molar-refractivity contribution in [1.82, 2.24) is 0 Å². The van der Waals surface area contributed by atoms with Crippen molar-refractivity contribution < 1.29 is 60.9 Å². The summed E-state index contributed by atoms with van der Waals surface area (Å²) >= 11 is 0. The van der Waals surface area contributed by atoms with E-state index < -0.39 is 0 Å². The Hall–Kier alpha value is 0.286. The van der Waals surface area contributed by atoms with E-state index in [4.69, 9.17) is 4.74 Å². The Morgan fingerprint density at radius 1 is 1.19 bits per heavy atom. The predicted octanol–water partition coefficient (Wildman–Crippen LogP) is -0.776. The molecule has 1 aromatic rings. The summed E-state index contributed by atoms with van der Waals surface area (Å²) in [6.45, 7) is 1.59. The molecule has 3 rings (SSSR count). The molecule has 0 amide bonds. The van der Waals surface area contributed by atoms with E-state index in [9.17, 15) is 4.79 Å². The van der Waals surface area contributed by atoms with Crippen LogP contribution in [0.4, 0.5) is 0 Å². The molecule has 1 aromatic carbocycles. The molecule has 0 N–H and O–H groups in total. The van der Waals surface area contributed by atoms with Crippen LogP contribution in [-0.2, 0) is 10.3 Å². The number of carbonyl (C=O) groups is 1. The maximum Gasteiger partial charge on any atom is 1.00 e. The summed E-state index contributed by atoms with van der Waals surface area (Å²) in [5.41, 5.74) is 1.43. The first-order valence-electron chi connectivity index (χ1n) is 5.28. The molecule has 3 nitrogen and oxygen atoms in total. The average Bonchev–Trinajstić information content (AvgIpc) is 2.55. The van der Waals surface area contributed by atoms with Gasteiger partial charge >= 0.3 is 57.4 Å². The molecule has 2 aliphatic rings. The van der Waals surface area contributed by atoms with Crippen LogP contribution < -0.4 is 51.4 Å². The smallest absolute Gasteiger partial charge is 0.662 e. The third kappa shape index (κ3) is 1.92. The van der Waals surface area contributed by atoms with Gasteiger partial charge in [0.25, 0.3) is 0 Å². The molecule has 78 valence electrons. The monoisotopic (exact) mass is 241 g/mol. The van der Waals surface area contributed by atoms with Crippen molar-refractivity contribution >= 4 is 5.97 Å². The largest absolute Gasteiger partial charge is 1.00 e. The summed E-state index contributed by atoms with van der Waals surface area (Å²) in [5.74, 6) is -0.174. The van der Waals surface area contributed by atoms with Crippen LogP contribution in [0.5, 0.6) is 0 Å². The van der Waals surface area contributed by atoms with Crippen LogP contribution in [0.2, 0.25) is 0 Å². The second-order valence-electron chi connectivity index (χ2n) is 4.10. The molecule has 0 aliphatic carbocycles. The molecule has 1 saturated heterocycles. The van der Waals surface area contributed by atoms with Gasteiger partial charge in [0.1, 0.15) is 5.60 Å². The summed E-state index contributed by atoms with van der Waals surface area (Å²) in [5, 5.41) is 4.30. The molecular formula is C12H12KNO2. The Morgan fingerprint density at radius 3 is 2.62 bits per heavy atom.